The van der Waals surface area contributed by atoms with E-state index in [1.54, 1.807) is 12.1 Å². The van der Waals surface area contributed by atoms with E-state index in [0.717, 1.165) is 32.6 Å². The minimum absolute atomic E-state index is 0.00609. The number of amides is 1. The molecule has 0 radical (unpaired) electrons. The fraction of sp³-hybridized carbons (Fsp3) is 0.444. The summed E-state index contributed by atoms with van der Waals surface area (Å²) in [7, 11) is 0. The van der Waals surface area contributed by atoms with Crippen molar-refractivity contribution in [3.8, 4) is 0 Å². The summed E-state index contributed by atoms with van der Waals surface area (Å²) in [4.78, 5) is 15.5. The van der Waals surface area contributed by atoms with Crippen LogP contribution < -0.4 is 15.1 Å². The average Bonchev–Trinajstić information content (AvgIpc) is 2.93. The second-order valence-electron chi connectivity index (χ2n) is 7.21. The molecule has 1 spiro atoms. The van der Waals surface area contributed by atoms with Crippen molar-refractivity contribution < 1.29 is 23.8 Å². The summed E-state index contributed by atoms with van der Waals surface area (Å²) < 4.78 is 25.1. The first-order chi connectivity index (χ1) is 13.0. The van der Waals surface area contributed by atoms with Crippen LogP contribution in [0.1, 0.15) is 0 Å². The van der Waals surface area contributed by atoms with Crippen molar-refractivity contribution in [1.29, 1.82) is 5.41 Å². The zero-order chi connectivity index (χ0) is 19.0. The van der Waals surface area contributed by atoms with Gasteiger partial charge in [-0.1, -0.05) is 0 Å². The zero-order valence-electron chi connectivity index (χ0n) is 14.7. The topological polar surface area (TPSA) is 98.1 Å². The highest BCUT2D eigenvalue weighted by molar-refractivity contribution is 5.91. The van der Waals surface area contributed by atoms with E-state index in [1.165, 1.54) is 17.0 Å². The Morgan fingerprint density at radius 1 is 1.44 bits per heavy atom. The molecule has 0 bridgehead atoms. The first kappa shape index (κ1) is 17.6. The molecule has 3 saturated heterocycles. The number of halogens is 1. The molecule has 9 heteroatoms. The van der Waals surface area contributed by atoms with Crippen LogP contribution in [0.3, 0.4) is 0 Å². The Labute approximate surface area is 155 Å². The maximum atomic E-state index is 14.6. The molecule has 4 rings (SSSR count). The predicted octanol–water partition coefficient (Wildman–Crippen LogP) is 1.63. The van der Waals surface area contributed by atoms with Crippen LogP contribution in [0, 0.1) is 16.6 Å². The van der Waals surface area contributed by atoms with Gasteiger partial charge in [-0.2, -0.15) is 0 Å². The van der Waals surface area contributed by atoms with Crippen molar-refractivity contribution in [3.63, 3.8) is 0 Å². The van der Waals surface area contributed by atoms with Crippen LogP contribution in [0.2, 0.25) is 0 Å². The fourth-order valence-electron chi connectivity index (χ4n) is 3.62. The predicted molar refractivity (Wildman–Crippen MR) is 97.0 cm³/mol. The smallest absolute Gasteiger partial charge is 0.414 e. The van der Waals surface area contributed by atoms with Gasteiger partial charge >= 0.3 is 6.09 Å². The lowest BCUT2D eigenvalue weighted by Gasteiger charge is -2.56. The zero-order valence-corrected chi connectivity index (χ0v) is 14.7. The molecular weight excluding hydrogens is 355 g/mol. The van der Waals surface area contributed by atoms with Crippen molar-refractivity contribution in [2.75, 3.05) is 49.2 Å². The third-order valence-corrected chi connectivity index (χ3v) is 5.09. The van der Waals surface area contributed by atoms with Crippen LogP contribution in [-0.2, 0) is 9.47 Å². The number of benzene rings is 1. The molecule has 27 heavy (non-hydrogen) atoms. The third kappa shape index (κ3) is 3.30. The van der Waals surface area contributed by atoms with Crippen molar-refractivity contribution in [2.24, 2.45) is 5.41 Å². The molecule has 1 atom stereocenters. The summed E-state index contributed by atoms with van der Waals surface area (Å²) >= 11 is 0. The number of rotatable bonds is 5. The molecule has 3 N–H and O–H groups in total. The number of hydrogen-bond acceptors (Lipinski definition) is 6. The molecule has 1 aromatic rings. The molecule has 3 aliphatic heterocycles. The number of anilines is 2. The molecule has 0 unspecified atom stereocenters. The van der Waals surface area contributed by atoms with Gasteiger partial charge in [0.25, 0.3) is 0 Å². The van der Waals surface area contributed by atoms with Crippen LogP contribution in [0.15, 0.2) is 30.5 Å². The second kappa shape index (κ2) is 6.73. The van der Waals surface area contributed by atoms with Crippen LogP contribution >= 0.6 is 0 Å². The molecule has 0 aromatic heterocycles. The monoisotopic (exact) mass is 376 g/mol. The van der Waals surface area contributed by atoms with Gasteiger partial charge < -0.3 is 24.8 Å². The van der Waals surface area contributed by atoms with E-state index in [1.807, 2.05) is 4.90 Å². The number of hydrogen-bond donors (Lipinski definition) is 3. The van der Waals surface area contributed by atoms with E-state index in [4.69, 9.17) is 20.0 Å². The van der Waals surface area contributed by atoms with Gasteiger partial charge in [0, 0.05) is 19.2 Å². The second-order valence-corrected chi connectivity index (χ2v) is 7.21. The van der Waals surface area contributed by atoms with Gasteiger partial charge in [0.1, 0.15) is 17.8 Å². The number of ether oxygens (including phenoxy) is 2. The average molecular weight is 376 g/mol. The van der Waals surface area contributed by atoms with Crippen molar-refractivity contribution in [2.45, 2.75) is 6.10 Å². The van der Waals surface area contributed by atoms with Gasteiger partial charge in [0.05, 0.1) is 49.4 Å². The van der Waals surface area contributed by atoms with E-state index < -0.39 is 12.2 Å². The number of amidine groups is 1. The van der Waals surface area contributed by atoms with Gasteiger partial charge in [0.15, 0.2) is 0 Å². The van der Waals surface area contributed by atoms with Gasteiger partial charge in [0.2, 0.25) is 0 Å². The molecule has 0 saturated carbocycles. The van der Waals surface area contributed by atoms with E-state index in [-0.39, 0.29) is 30.2 Å². The summed E-state index contributed by atoms with van der Waals surface area (Å²) in [5.41, 5.74) is 1.17. The molecule has 8 nitrogen and oxygen atoms in total. The third-order valence-electron chi connectivity index (χ3n) is 5.09. The first-order valence-corrected chi connectivity index (χ1v) is 8.73. The van der Waals surface area contributed by atoms with Crippen molar-refractivity contribution in [3.05, 3.63) is 36.4 Å². The SMILES string of the molecule is N=C(/C=C\O)NC[C@H]1CN(c2ccc(N3CC4(COC4)C3)c(F)c2)C(=O)O1. The summed E-state index contributed by atoms with van der Waals surface area (Å²) in [6, 6.07) is 4.76. The summed E-state index contributed by atoms with van der Waals surface area (Å²) in [5.74, 6) is -0.363. The van der Waals surface area contributed by atoms with E-state index in [0.29, 0.717) is 11.4 Å². The Bertz CT molecular complexity index is 788. The minimum atomic E-state index is -0.548. The Morgan fingerprint density at radius 2 is 2.22 bits per heavy atom. The molecule has 144 valence electrons. The normalized spacial score (nSPS) is 23.3. The molecule has 3 aliphatic rings. The molecule has 3 fully saturated rings. The van der Waals surface area contributed by atoms with Gasteiger partial charge in [-0.25, -0.2) is 9.18 Å². The summed E-state index contributed by atoms with van der Waals surface area (Å²) in [6.07, 6.45) is 0.914. The Kier molecular flexibility index (Phi) is 4.39. The lowest BCUT2D eigenvalue weighted by molar-refractivity contribution is -0.127. The highest BCUT2D eigenvalue weighted by atomic mass is 19.1. The number of aliphatic hydroxyl groups excluding tert-OH is 1. The van der Waals surface area contributed by atoms with Crippen LogP contribution in [0.25, 0.3) is 0 Å². The largest absolute Gasteiger partial charge is 0.515 e. The minimum Gasteiger partial charge on any atom is -0.515 e. The van der Waals surface area contributed by atoms with Crippen LogP contribution in [0.4, 0.5) is 20.6 Å². The number of aliphatic hydroxyl groups is 1. The van der Waals surface area contributed by atoms with E-state index >= 15 is 0 Å². The van der Waals surface area contributed by atoms with Crippen molar-refractivity contribution in [1.82, 2.24) is 5.32 Å². The number of nitrogens with zero attached hydrogens (tertiary/aromatic N) is 2. The fourth-order valence-corrected chi connectivity index (χ4v) is 3.62. The van der Waals surface area contributed by atoms with Gasteiger partial charge in [-0.05, 0) is 18.2 Å². The Balaban J connectivity index is 1.37. The summed E-state index contributed by atoms with van der Waals surface area (Å²) in [5, 5.41) is 18.9. The molecule has 1 aromatic carbocycles. The lowest BCUT2D eigenvalue weighted by atomic mass is 9.78. The Morgan fingerprint density at radius 3 is 2.85 bits per heavy atom. The maximum Gasteiger partial charge on any atom is 0.414 e. The molecular formula is C18H21FN4O4. The van der Waals surface area contributed by atoms with Crippen LogP contribution in [0.5, 0.6) is 0 Å². The molecule has 3 heterocycles. The van der Waals surface area contributed by atoms with Gasteiger partial charge in [-0.15, -0.1) is 0 Å². The lowest BCUT2D eigenvalue weighted by Crippen LogP contribution is -2.66. The maximum absolute atomic E-state index is 14.6. The Hall–Kier alpha value is -2.81. The number of carbonyl (C=O) groups excluding carboxylic acids is 1. The number of cyclic esters (lactones) is 1. The number of nitrogens with one attached hydrogen (secondary N) is 2. The first-order valence-electron chi connectivity index (χ1n) is 8.73. The highest BCUT2D eigenvalue weighted by Gasteiger charge is 2.49. The van der Waals surface area contributed by atoms with Crippen LogP contribution in [-0.4, -0.2) is 62.5 Å². The summed E-state index contributed by atoms with van der Waals surface area (Å²) in [6.45, 7) is 3.54. The standard InChI is InChI=1S/C18H21FN4O4/c19-14-5-12(1-2-15(14)22-8-18(9-22)10-26-11-18)23-7-13(27-17(23)25)6-21-16(20)3-4-24/h1-5,13,24H,6-11H2,(H2,20,21)/b4-3-/t13-/m0/s1. The highest BCUT2D eigenvalue weighted by Crippen LogP contribution is 2.41. The van der Waals surface area contributed by atoms with Crippen molar-refractivity contribution >= 4 is 23.3 Å². The van der Waals surface area contributed by atoms with E-state index in [9.17, 15) is 9.18 Å². The number of carbonyl (C=O) groups is 1. The van der Waals surface area contributed by atoms with Gasteiger partial charge in [-0.3, -0.25) is 10.3 Å². The molecule has 1 amide bonds. The quantitative estimate of drug-likeness (QED) is 0.410. The van der Waals surface area contributed by atoms with E-state index in [2.05, 4.69) is 5.32 Å². The molecule has 0 aliphatic carbocycles.